The maximum atomic E-state index is 14.1. The number of benzene rings is 2. The normalized spacial score (nSPS) is 12.7. The fourth-order valence-corrected chi connectivity index (χ4v) is 5.14. The third-order valence-electron chi connectivity index (χ3n) is 6.44. The SMILES string of the molecule is CC(NC(=O)c1c(N)nn2c1NCC=C2)c1cc2cccc(C#Cc3cscn3)c2c(=O)n1-c1ccccc1. The molecule has 5 aromatic rings. The lowest BCUT2D eigenvalue weighted by Gasteiger charge is -2.21. The third kappa shape index (κ3) is 4.45. The predicted molar refractivity (Wildman–Crippen MR) is 154 cm³/mol. The summed E-state index contributed by atoms with van der Waals surface area (Å²) < 4.78 is 3.17. The average molecular weight is 534 g/mol. The summed E-state index contributed by atoms with van der Waals surface area (Å²) in [5.41, 5.74) is 10.4. The van der Waals surface area contributed by atoms with Gasteiger partial charge in [0.1, 0.15) is 17.1 Å². The van der Waals surface area contributed by atoms with E-state index in [1.807, 2.05) is 73.0 Å². The Morgan fingerprint density at radius 2 is 2.03 bits per heavy atom. The van der Waals surface area contributed by atoms with Gasteiger partial charge < -0.3 is 16.4 Å². The van der Waals surface area contributed by atoms with Gasteiger partial charge in [0.05, 0.1) is 16.9 Å². The van der Waals surface area contributed by atoms with Gasteiger partial charge in [-0.05, 0) is 48.6 Å². The van der Waals surface area contributed by atoms with Crippen LogP contribution in [0, 0.1) is 11.8 Å². The molecule has 1 aliphatic rings. The molecule has 0 saturated heterocycles. The number of hydrogen-bond donors (Lipinski definition) is 3. The number of pyridine rings is 1. The van der Waals surface area contributed by atoms with Crippen molar-refractivity contribution in [3.8, 4) is 17.5 Å². The number of nitrogen functional groups attached to an aromatic ring is 1. The van der Waals surface area contributed by atoms with E-state index in [0.29, 0.717) is 40.4 Å². The summed E-state index contributed by atoms with van der Waals surface area (Å²) >= 11 is 1.46. The first-order chi connectivity index (χ1) is 19.0. The Labute approximate surface area is 227 Å². The first-order valence-corrected chi connectivity index (χ1v) is 13.2. The standard InChI is InChI=1S/C29H23N7O2S/c1-18(33-28(37)25-26(30)34-35-14-6-13-31-27(25)35)23-15-20-8-5-7-19(11-12-21-16-39-17-32-21)24(20)29(38)36(23)22-9-3-2-4-10-22/h2-10,14-18,31H,13H2,1H3,(H2,30,34)(H,33,37). The van der Waals surface area contributed by atoms with Gasteiger partial charge in [0.2, 0.25) is 0 Å². The van der Waals surface area contributed by atoms with Gasteiger partial charge in [-0.1, -0.05) is 36.3 Å². The van der Waals surface area contributed by atoms with Crippen LogP contribution in [-0.2, 0) is 0 Å². The Hall–Kier alpha value is -5.14. The number of thiazole rings is 1. The number of fused-ring (bicyclic) bond motifs is 2. The van der Waals surface area contributed by atoms with Crippen molar-refractivity contribution in [1.82, 2.24) is 24.6 Å². The molecule has 4 N–H and O–H groups in total. The molecular weight excluding hydrogens is 510 g/mol. The van der Waals surface area contributed by atoms with Gasteiger partial charge >= 0.3 is 0 Å². The number of nitrogens with one attached hydrogen (secondary N) is 2. The number of nitrogens with zero attached hydrogens (tertiary/aromatic N) is 4. The number of nitrogens with two attached hydrogens (primary N) is 1. The van der Waals surface area contributed by atoms with Crippen LogP contribution >= 0.6 is 11.3 Å². The molecule has 2 aromatic carbocycles. The fourth-order valence-electron chi connectivity index (χ4n) is 4.66. The molecule has 39 heavy (non-hydrogen) atoms. The highest BCUT2D eigenvalue weighted by molar-refractivity contribution is 7.07. The average Bonchev–Trinajstić information content (AvgIpc) is 3.59. The Kier molecular flexibility index (Phi) is 6.19. The molecule has 6 rings (SSSR count). The Morgan fingerprint density at radius 1 is 1.18 bits per heavy atom. The molecule has 0 bridgehead atoms. The second kappa shape index (κ2) is 9.96. The number of para-hydroxylation sites is 1. The van der Waals surface area contributed by atoms with Gasteiger partial charge in [0, 0.05) is 35.1 Å². The number of carbonyl (C=O) groups excluding carboxylic acids is 1. The van der Waals surface area contributed by atoms with E-state index in [2.05, 4.69) is 32.6 Å². The second-order valence-corrected chi connectivity index (χ2v) is 9.67. The molecule has 9 nitrogen and oxygen atoms in total. The first-order valence-electron chi connectivity index (χ1n) is 12.2. The molecule has 0 radical (unpaired) electrons. The van der Waals surface area contributed by atoms with Crippen molar-refractivity contribution in [3.05, 3.63) is 104 Å². The predicted octanol–water partition coefficient (Wildman–Crippen LogP) is 4.01. The van der Waals surface area contributed by atoms with Gasteiger partial charge in [-0.25, -0.2) is 9.67 Å². The highest BCUT2D eigenvalue weighted by atomic mass is 32.1. The molecule has 3 aromatic heterocycles. The first kappa shape index (κ1) is 24.2. The van der Waals surface area contributed by atoms with Crippen LogP contribution < -0.4 is 21.9 Å². The van der Waals surface area contributed by atoms with Crippen LogP contribution in [-0.4, -0.2) is 31.8 Å². The van der Waals surface area contributed by atoms with Crippen molar-refractivity contribution in [3.63, 3.8) is 0 Å². The molecule has 0 saturated carbocycles. The minimum atomic E-state index is -0.548. The lowest BCUT2D eigenvalue weighted by molar-refractivity contribution is 0.0940. The van der Waals surface area contributed by atoms with Crippen LogP contribution in [0.25, 0.3) is 22.7 Å². The summed E-state index contributed by atoms with van der Waals surface area (Å²) in [6, 6.07) is 16.3. The summed E-state index contributed by atoms with van der Waals surface area (Å²) in [5, 5.41) is 13.5. The maximum absolute atomic E-state index is 14.1. The molecule has 0 aliphatic carbocycles. The van der Waals surface area contributed by atoms with E-state index >= 15 is 0 Å². The Bertz CT molecular complexity index is 1860. The third-order valence-corrected chi connectivity index (χ3v) is 7.02. The summed E-state index contributed by atoms with van der Waals surface area (Å²) in [6.45, 7) is 2.40. The van der Waals surface area contributed by atoms with Crippen molar-refractivity contribution in [2.45, 2.75) is 13.0 Å². The molecule has 1 amide bonds. The topological polar surface area (TPSA) is 120 Å². The molecule has 1 aliphatic heterocycles. The minimum absolute atomic E-state index is 0.121. The fraction of sp³-hybridized carbons (Fsp3) is 0.103. The Balaban J connectivity index is 1.47. The van der Waals surface area contributed by atoms with Gasteiger partial charge in [0.15, 0.2) is 5.82 Å². The van der Waals surface area contributed by atoms with Crippen molar-refractivity contribution in [1.29, 1.82) is 0 Å². The van der Waals surface area contributed by atoms with E-state index < -0.39 is 6.04 Å². The zero-order valence-corrected chi connectivity index (χ0v) is 21.7. The van der Waals surface area contributed by atoms with Gasteiger partial charge in [-0.15, -0.1) is 16.4 Å². The summed E-state index contributed by atoms with van der Waals surface area (Å²) in [4.78, 5) is 31.7. The number of hydrogen-bond acceptors (Lipinski definition) is 7. The van der Waals surface area contributed by atoms with Crippen LogP contribution in [0.4, 0.5) is 11.6 Å². The number of anilines is 2. The molecule has 1 atom stereocenters. The molecule has 0 fully saturated rings. The van der Waals surface area contributed by atoms with Crippen LogP contribution in [0.5, 0.6) is 0 Å². The van der Waals surface area contributed by atoms with Crippen molar-refractivity contribution >= 4 is 45.9 Å². The summed E-state index contributed by atoms with van der Waals surface area (Å²) in [6.07, 6.45) is 3.64. The zero-order chi connectivity index (χ0) is 26.9. The van der Waals surface area contributed by atoms with E-state index in [1.165, 1.54) is 11.3 Å². The van der Waals surface area contributed by atoms with Crippen molar-refractivity contribution in [2.24, 2.45) is 0 Å². The summed E-state index contributed by atoms with van der Waals surface area (Å²) in [7, 11) is 0. The zero-order valence-electron chi connectivity index (χ0n) is 20.9. The van der Waals surface area contributed by atoms with Gasteiger partial charge in [0.25, 0.3) is 11.5 Å². The maximum Gasteiger partial charge on any atom is 0.264 e. The van der Waals surface area contributed by atoms with E-state index in [-0.39, 0.29) is 22.8 Å². The highest BCUT2D eigenvalue weighted by Crippen LogP contribution is 2.27. The van der Waals surface area contributed by atoms with E-state index in [9.17, 15) is 9.59 Å². The lowest BCUT2D eigenvalue weighted by Crippen LogP contribution is -2.33. The molecule has 10 heteroatoms. The quantitative estimate of drug-likeness (QED) is 0.300. The van der Waals surface area contributed by atoms with Crippen LogP contribution in [0.3, 0.4) is 0 Å². The smallest absolute Gasteiger partial charge is 0.264 e. The van der Waals surface area contributed by atoms with Crippen LogP contribution in [0.15, 0.2) is 76.4 Å². The number of carbonyl (C=O) groups is 1. The number of aromatic nitrogens is 4. The van der Waals surface area contributed by atoms with Gasteiger partial charge in [-0.3, -0.25) is 14.2 Å². The summed E-state index contributed by atoms with van der Waals surface area (Å²) in [5.74, 6) is 6.42. The largest absolute Gasteiger partial charge is 0.381 e. The molecular formula is C29H23N7O2S. The van der Waals surface area contributed by atoms with Crippen LogP contribution in [0.1, 0.15) is 40.3 Å². The van der Waals surface area contributed by atoms with Gasteiger partial charge in [-0.2, -0.15) is 0 Å². The van der Waals surface area contributed by atoms with E-state index in [4.69, 9.17) is 5.73 Å². The van der Waals surface area contributed by atoms with Crippen molar-refractivity contribution in [2.75, 3.05) is 17.6 Å². The second-order valence-electron chi connectivity index (χ2n) is 8.95. The molecule has 4 heterocycles. The minimum Gasteiger partial charge on any atom is -0.381 e. The molecule has 0 spiro atoms. The monoisotopic (exact) mass is 533 g/mol. The highest BCUT2D eigenvalue weighted by Gasteiger charge is 2.26. The van der Waals surface area contributed by atoms with E-state index in [1.54, 1.807) is 21.0 Å². The van der Waals surface area contributed by atoms with Crippen molar-refractivity contribution < 1.29 is 4.79 Å². The molecule has 192 valence electrons. The number of rotatable bonds is 4. The Morgan fingerprint density at radius 3 is 2.82 bits per heavy atom. The van der Waals surface area contributed by atoms with Crippen LogP contribution in [0.2, 0.25) is 0 Å². The van der Waals surface area contributed by atoms with E-state index in [0.717, 1.165) is 5.39 Å². The molecule has 1 unspecified atom stereocenters. The number of amides is 1. The lowest BCUT2D eigenvalue weighted by atomic mass is 10.0.